The van der Waals surface area contributed by atoms with Crippen molar-refractivity contribution in [3.63, 3.8) is 0 Å². The monoisotopic (exact) mass is 241 g/mol. The molecule has 0 radical (unpaired) electrons. The summed E-state index contributed by atoms with van der Waals surface area (Å²) in [5.41, 5.74) is 0. The Morgan fingerprint density at radius 3 is 3.29 bits per heavy atom. The van der Waals surface area contributed by atoms with Gasteiger partial charge in [-0.2, -0.15) is 0 Å². The van der Waals surface area contributed by atoms with Gasteiger partial charge in [0.05, 0.1) is 13.2 Å². The quantitative estimate of drug-likeness (QED) is 0.556. The average molecular weight is 241 g/mol. The number of hydrogen-bond donors (Lipinski definition) is 2. The summed E-state index contributed by atoms with van der Waals surface area (Å²) in [6.45, 7) is 2.70. The molecule has 94 valence electrons. The molecule has 0 spiro atoms. The highest BCUT2D eigenvalue weighted by Crippen LogP contribution is 2.20. The van der Waals surface area contributed by atoms with Crippen LogP contribution in [-0.2, 0) is 11.8 Å². The molecule has 17 heavy (non-hydrogen) atoms. The minimum atomic E-state index is -0.493. The second-order valence-corrected chi connectivity index (χ2v) is 3.89. The van der Waals surface area contributed by atoms with E-state index in [2.05, 4.69) is 15.6 Å². The zero-order chi connectivity index (χ0) is 12.3. The van der Waals surface area contributed by atoms with Gasteiger partial charge in [0.15, 0.2) is 0 Å². The van der Waals surface area contributed by atoms with Gasteiger partial charge in [-0.05, 0) is 9.91 Å². The van der Waals surface area contributed by atoms with Crippen LogP contribution in [-0.4, -0.2) is 46.8 Å². The molecule has 1 unspecified atom stereocenters. The van der Waals surface area contributed by atoms with Crippen molar-refractivity contribution >= 4 is 11.6 Å². The highest BCUT2D eigenvalue weighted by molar-refractivity contribution is 5.52. The topological polar surface area (TPSA) is 94.2 Å². The molecule has 0 aliphatic carbocycles. The maximum atomic E-state index is 10.7. The Balaban J connectivity index is 1.97. The van der Waals surface area contributed by atoms with Crippen molar-refractivity contribution in [2.24, 2.45) is 7.05 Å². The highest BCUT2D eigenvalue weighted by atomic mass is 16.6. The molecule has 1 aliphatic heterocycles. The second kappa shape index (κ2) is 5.11. The number of nitrogens with one attached hydrogen (secondary N) is 2. The van der Waals surface area contributed by atoms with Crippen molar-refractivity contribution in [2.75, 3.05) is 31.6 Å². The maximum absolute atomic E-state index is 10.7. The third-order valence-electron chi connectivity index (χ3n) is 2.61. The summed E-state index contributed by atoms with van der Waals surface area (Å²) in [5.74, 6) is 0.270. The zero-order valence-electron chi connectivity index (χ0n) is 9.55. The van der Waals surface area contributed by atoms with Crippen molar-refractivity contribution in [2.45, 2.75) is 6.04 Å². The van der Waals surface area contributed by atoms with Crippen molar-refractivity contribution in [3.8, 4) is 0 Å². The smallest absolute Gasteiger partial charge is 0.378 e. The maximum Gasteiger partial charge on any atom is 0.406 e. The average Bonchev–Trinajstić information content (AvgIpc) is 2.69. The van der Waals surface area contributed by atoms with E-state index in [4.69, 9.17) is 4.74 Å². The molecule has 1 saturated heterocycles. The first-order valence-electron chi connectivity index (χ1n) is 5.39. The van der Waals surface area contributed by atoms with Gasteiger partial charge in [0, 0.05) is 26.2 Å². The SMILES string of the molecule is Cn1cnc([N+](=O)[O-])c1NCC1COCCN1. The fraction of sp³-hybridized carbons (Fsp3) is 0.667. The normalized spacial score (nSPS) is 20.2. The fourth-order valence-corrected chi connectivity index (χ4v) is 1.73. The van der Waals surface area contributed by atoms with Gasteiger partial charge < -0.3 is 25.5 Å². The predicted molar refractivity (Wildman–Crippen MR) is 61.0 cm³/mol. The standard InChI is InChI=1S/C9H15N5O3/c1-13-6-12-9(14(15)16)8(13)11-4-7-5-17-3-2-10-7/h6-7,10-11H,2-5H2,1H3. The van der Waals surface area contributed by atoms with Crippen LogP contribution in [0.15, 0.2) is 6.33 Å². The molecule has 0 amide bonds. The van der Waals surface area contributed by atoms with E-state index in [1.807, 2.05) is 0 Å². The van der Waals surface area contributed by atoms with Crippen LogP contribution in [0, 0.1) is 10.1 Å². The molecule has 0 saturated carbocycles. The Labute approximate surface area is 98.1 Å². The minimum absolute atomic E-state index is 0.149. The van der Waals surface area contributed by atoms with Crippen LogP contribution in [0.5, 0.6) is 0 Å². The Morgan fingerprint density at radius 1 is 1.82 bits per heavy atom. The molecule has 2 rings (SSSR count). The van der Waals surface area contributed by atoms with Gasteiger partial charge in [-0.25, -0.2) is 0 Å². The number of ether oxygens (including phenoxy) is 1. The number of aromatic nitrogens is 2. The van der Waals surface area contributed by atoms with Gasteiger partial charge in [-0.3, -0.25) is 4.57 Å². The van der Waals surface area contributed by atoms with E-state index in [9.17, 15) is 10.1 Å². The van der Waals surface area contributed by atoms with Crippen LogP contribution in [0.3, 0.4) is 0 Å². The summed E-state index contributed by atoms with van der Waals surface area (Å²) in [5, 5.41) is 17.0. The summed E-state index contributed by atoms with van der Waals surface area (Å²) in [6.07, 6.45) is 1.42. The number of nitro groups is 1. The molecular formula is C9H15N5O3. The summed E-state index contributed by atoms with van der Waals surface area (Å²) >= 11 is 0. The number of imidazole rings is 1. The van der Waals surface area contributed by atoms with Crippen LogP contribution >= 0.6 is 0 Å². The molecule has 8 heteroatoms. The summed E-state index contributed by atoms with van der Waals surface area (Å²) in [7, 11) is 1.72. The van der Waals surface area contributed by atoms with Gasteiger partial charge >= 0.3 is 5.82 Å². The number of aryl methyl sites for hydroxylation is 1. The van der Waals surface area contributed by atoms with Gasteiger partial charge in [-0.1, -0.05) is 0 Å². The molecule has 1 fully saturated rings. The van der Waals surface area contributed by atoms with E-state index in [1.165, 1.54) is 6.33 Å². The molecule has 0 bridgehead atoms. The number of hydrogen-bond acceptors (Lipinski definition) is 6. The van der Waals surface area contributed by atoms with Crippen LogP contribution < -0.4 is 10.6 Å². The largest absolute Gasteiger partial charge is 0.406 e. The van der Waals surface area contributed by atoms with Crippen molar-refractivity contribution in [1.82, 2.24) is 14.9 Å². The second-order valence-electron chi connectivity index (χ2n) is 3.89. The zero-order valence-corrected chi connectivity index (χ0v) is 9.55. The number of nitrogens with zero attached hydrogens (tertiary/aromatic N) is 3. The number of morpholine rings is 1. The molecule has 1 aromatic heterocycles. The van der Waals surface area contributed by atoms with E-state index in [0.29, 0.717) is 25.6 Å². The van der Waals surface area contributed by atoms with Crippen LogP contribution in [0.25, 0.3) is 0 Å². The third kappa shape index (κ3) is 2.71. The van der Waals surface area contributed by atoms with Gasteiger partial charge in [-0.15, -0.1) is 0 Å². The van der Waals surface area contributed by atoms with Gasteiger partial charge in [0.25, 0.3) is 0 Å². The number of anilines is 1. The lowest BCUT2D eigenvalue weighted by molar-refractivity contribution is -0.388. The van der Waals surface area contributed by atoms with Gasteiger partial charge in [0.2, 0.25) is 12.1 Å². The first-order valence-corrected chi connectivity index (χ1v) is 5.39. The number of rotatable bonds is 4. The van der Waals surface area contributed by atoms with Crippen molar-refractivity contribution < 1.29 is 9.66 Å². The summed E-state index contributed by atoms with van der Waals surface area (Å²) in [6, 6.07) is 0.165. The molecule has 1 aliphatic rings. The summed E-state index contributed by atoms with van der Waals surface area (Å²) in [4.78, 5) is 14.0. The van der Waals surface area contributed by atoms with Crippen LogP contribution in [0.4, 0.5) is 11.6 Å². The van der Waals surface area contributed by atoms with Crippen LogP contribution in [0.2, 0.25) is 0 Å². The highest BCUT2D eigenvalue weighted by Gasteiger charge is 2.21. The van der Waals surface area contributed by atoms with Crippen molar-refractivity contribution in [1.29, 1.82) is 0 Å². The van der Waals surface area contributed by atoms with E-state index < -0.39 is 4.92 Å². The van der Waals surface area contributed by atoms with E-state index in [0.717, 1.165) is 6.54 Å². The van der Waals surface area contributed by atoms with Crippen molar-refractivity contribution in [3.05, 3.63) is 16.4 Å². The third-order valence-corrected chi connectivity index (χ3v) is 2.61. The molecule has 0 aromatic carbocycles. The molecule has 1 aromatic rings. The Kier molecular flexibility index (Phi) is 3.55. The van der Waals surface area contributed by atoms with Crippen LogP contribution in [0.1, 0.15) is 0 Å². The molecule has 8 nitrogen and oxygen atoms in total. The molecule has 2 N–H and O–H groups in total. The lowest BCUT2D eigenvalue weighted by Crippen LogP contribution is -2.45. The Bertz CT molecular complexity index is 399. The lowest BCUT2D eigenvalue weighted by atomic mass is 10.3. The first kappa shape index (κ1) is 11.8. The Morgan fingerprint density at radius 2 is 2.65 bits per heavy atom. The lowest BCUT2D eigenvalue weighted by Gasteiger charge is -2.24. The van der Waals surface area contributed by atoms with E-state index in [1.54, 1.807) is 11.6 Å². The van der Waals surface area contributed by atoms with Gasteiger partial charge in [0.1, 0.15) is 0 Å². The van der Waals surface area contributed by atoms with E-state index >= 15 is 0 Å². The molecule has 1 atom stereocenters. The minimum Gasteiger partial charge on any atom is -0.378 e. The molecular weight excluding hydrogens is 226 g/mol. The molecule has 2 heterocycles. The predicted octanol–water partition coefficient (Wildman–Crippen LogP) is -0.271. The van der Waals surface area contributed by atoms with E-state index in [-0.39, 0.29) is 11.9 Å². The Hall–Kier alpha value is -1.67. The first-order chi connectivity index (χ1) is 8.18. The fourth-order valence-electron chi connectivity index (χ4n) is 1.73. The summed E-state index contributed by atoms with van der Waals surface area (Å²) < 4.78 is 6.90.